The molecule has 2 unspecified atom stereocenters. The molecule has 1 aliphatic rings. The lowest BCUT2D eigenvalue weighted by Gasteiger charge is -2.02. The van der Waals surface area contributed by atoms with E-state index in [0.717, 1.165) is 12.5 Å². The van der Waals surface area contributed by atoms with Crippen LogP contribution in [0.3, 0.4) is 0 Å². The summed E-state index contributed by atoms with van der Waals surface area (Å²) < 4.78 is 0. The van der Waals surface area contributed by atoms with Crippen molar-refractivity contribution in [2.45, 2.75) is 19.8 Å². The molecule has 1 rings (SSSR count). The monoisotopic (exact) mass is 186 g/mol. The van der Waals surface area contributed by atoms with Crippen molar-refractivity contribution in [2.24, 2.45) is 17.6 Å². The van der Waals surface area contributed by atoms with Crippen LogP contribution in [-0.4, -0.2) is 17.4 Å². The highest BCUT2D eigenvalue weighted by atomic mass is 32.1. The minimum absolute atomic E-state index is 0.0541. The quantitative estimate of drug-likeness (QED) is 0.626. The van der Waals surface area contributed by atoms with E-state index in [-0.39, 0.29) is 17.3 Å². The summed E-state index contributed by atoms with van der Waals surface area (Å²) in [5.41, 5.74) is 5.21. The molecule has 3 N–H and O–H groups in total. The smallest absolute Gasteiger partial charge is 0.226 e. The number of nitrogens with one attached hydrogen (secondary N) is 1. The Kier molecular flexibility index (Phi) is 3.03. The maximum absolute atomic E-state index is 11.0. The zero-order chi connectivity index (χ0) is 9.14. The number of amides is 1. The zero-order valence-corrected chi connectivity index (χ0v) is 7.99. The maximum atomic E-state index is 11.0. The van der Waals surface area contributed by atoms with Crippen LogP contribution in [0, 0.1) is 11.8 Å². The van der Waals surface area contributed by atoms with Gasteiger partial charge in [0.1, 0.15) is 0 Å². The summed E-state index contributed by atoms with van der Waals surface area (Å²) in [6.07, 6.45) is 1.41. The van der Waals surface area contributed by atoms with E-state index in [0.29, 0.717) is 5.92 Å². The number of hydrogen-bond acceptors (Lipinski definition) is 2. The zero-order valence-electron chi connectivity index (χ0n) is 7.17. The van der Waals surface area contributed by atoms with Gasteiger partial charge in [0.15, 0.2) is 0 Å². The van der Waals surface area contributed by atoms with E-state index in [1.54, 1.807) is 0 Å². The average Bonchev–Trinajstić information content (AvgIpc) is 2.61. The van der Waals surface area contributed by atoms with Crippen LogP contribution >= 0.6 is 12.2 Å². The van der Waals surface area contributed by atoms with Crippen LogP contribution in [0.4, 0.5) is 0 Å². The molecule has 3 nitrogen and oxygen atoms in total. The third-order valence-corrected chi connectivity index (χ3v) is 2.32. The van der Waals surface area contributed by atoms with Gasteiger partial charge < -0.3 is 11.1 Å². The molecular formula is C8H14N2OS. The van der Waals surface area contributed by atoms with Gasteiger partial charge in [-0.1, -0.05) is 19.1 Å². The maximum Gasteiger partial charge on any atom is 0.226 e. The highest BCUT2D eigenvalue weighted by molar-refractivity contribution is 7.80. The van der Waals surface area contributed by atoms with Gasteiger partial charge in [-0.25, -0.2) is 0 Å². The van der Waals surface area contributed by atoms with Crippen molar-refractivity contribution in [3.8, 4) is 0 Å². The molecule has 0 radical (unpaired) electrons. The summed E-state index contributed by atoms with van der Waals surface area (Å²) >= 11 is 4.61. The fourth-order valence-corrected chi connectivity index (χ4v) is 1.28. The topological polar surface area (TPSA) is 55.1 Å². The molecule has 0 spiro atoms. The van der Waals surface area contributed by atoms with Crippen LogP contribution in [0.1, 0.15) is 19.8 Å². The fourth-order valence-electron chi connectivity index (χ4n) is 1.15. The summed E-state index contributed by atoms with van der Waals surface area (Å²) in [5, 5.41) is 2.80. The molecule has 0 aromatic heterocycles. The first-order valence-electron chi connectivity index (χ1n) is 4.14. The minimum atomic E-state index is -0.0541. The third kappa shape index (κ3) is 3.17. The Hall–Kier alpha value is -0.640. The first kappa shape index (κ1) is 9.45. The van der Waals surface area contributed by atoms with Gasteiger partial charge in [0.05, 0.1) is 11.4 Å². The van der Waals surface area contributed by atoms with E-state index in [9.17, 15) is 4.79 Å². The van der Waals surface area contributed by atoms with E-state index in [4.69, 9.17) is 5.73 Å². The van der Waals surface area contributed by atoms with Crippen LogP contribution in [0.25, 0.3) is 0 Å². The molecule has 0 bridgehead atoms. The summed E-state index contributed by atoms with van der Waals surface area (Å²) in [6, 6.07) is 0. The van der Waals surface area contributed by atoms with Gasteiger partial charge in [-0.2, -0.15) is 0 Å². The second kappa shape index (κ2) is 3.85. The van der Waals surface area contributed by atoms with Crippen molar-refractivity contribution in [1.29, 1.82) is 0 Å². The van der Waals surface area contributed by atoms with Crippen molar-refractivity contribution in [2.75, 3.05) is 6.54 Å². The second-order valence-corrected chi connectivity index (χ2v) is 3.94. The predicted molar refractivity (Wildman–Crippen MR) is 51.7 cm³/mol. The largest absolute Gasteiger partial charge is 0.393 e. The van der Waals surface area contributed by atoms with Gasteiger partial charge in [0.2, 0.25) is 5.91 Å². The summed E-state index contributed by atoms with van der Waals surface area (Å²) in [6.45, 7) is 2.97. The van der Waals surface area contributed by atoms with Crippen molar-refractivity contribution >= 4 is 23.1 Å². The molecule has 68 valence electrons. The molecule has 0 aromatic rings. The number of carbonyl (C=O) groups excluding carboxylic acids is 1. The Balaban J connectivity index is 2.06. The average molecular weight is 186 g/mol. The normalized spacial score (nSPS) is 26.4. The van der Waals surface area contributed by atoms with Crippen molar-refractivity contribution in [3.63, 3.8) is 0 Å². The lowest BCUT2D eigenvalue weighted by Crippen LogP contribution is -2.29. The second-order valence-electron chi connectivity index (χ2n) is 3.42. The van der Waals surface area contributed by atoms with Crippen molar-refractivity contribution in [3.05, 3.63) is 0 Å². The van der Waals surface area contributed by atoms with Gasteiger partial charge in [-0.05, 0) is 18.3 Å². The first-order chi connectivity index (χ1) is 5.59. The van der Waals surface area contributed by atoms with Gasteiger partial charge >= 0.3 is 0 Å². The predicted octanol–water partition coefficient (Wildman–Crippen LogP) is 0.435. The molecule has 4 heteroatoms. The molecule has 1 aliphatic carbocycles. The van der Waals surface area contributed by atoms with Gasteiger partial charge in [0, 0.05) is 6.54 Å². The number of nitrogens with two attached hydrogens (primary N) is 1. The molecular weight excluding hydrogens is 172 g/mol. The number of carbonyl (C=O) groups is 1. The molecule has 0 aromatic carbocycles. The van der Waals surface area contributed by atoms with E-state index >= 15 is 0 Å². The number of thiocarbonyl (C=S) groups is 1. The SMILES string of the molecule is CC1CC1CNC(=O)CC(N)=S. The van der Waals surface area contributed by atoms with Crippen LogP contribution < -0.4 is 11.1 Å². The van der Waals surface area contributed by atoms with Crippen molar-refractivity contribution in [1.82, 2.24) is 5.32 Å². The van der Waals surface area contributed by atoms with Gasteiger partial charge in [0.25, 0.3) is 0 Å². The van der Waals surface area contributed by atoms with E-state index in [1.165, 1.54) is 6.42 Å². The highest BCUT2D eigenvalue weighted by Crippen LogP contribution is 2.36. The Bertz CT molecular complexity index is 205. The third-order valence-electron chi connectivity index (χ3n) is 2.17. The van der Waals surface area contributed by atoms with Crippen LogP contribution in [0.15, 0.2) is 0 Å². The van der Waals surface area contributed by atoms with E-state index in [1.807, 2.05) is 0 Å². The molecule has 2 atom stereocenters. The molecule has 1 saturated carbocycles. The summed E-state index contributed by atoms with van der Waals surface area (Å²) in [4.78, 5) is 11.3. The lowest BCUT2D eigenvalue weighted by atomic mass is 10.3. The standard InChI is InChI=1S/C8H14N2OS/c1-5-2-6(5)4-10-8(11)3-7(9)12/h5-6H,2-4H2,1H3,(H2,9,12)(H,10,11). The van der Waals surface area contributed by atoms with Gasteiger partial charge in [-0.3, -0.25) is 4.79 Å². The van der Waals surface area contributed by atoms with Crippen LogP contribution in [0.2, 0.25) is 0 Å². The minimum Gasteiger partial charge on any atom is -0.393 e. The molecule has 1 amide bonds. The van der Waals surface area contributed by atoms with E-state index < -0.39 is 0 Å². The Morgan fingerprint density at radius 1 is 1.75 bits per heavy atom. The molecule has 0 heterocycles. The highest BCUT2D eigenvalue weighted by Gasteiger charge is 2.32. The fraction of sp³-hybridized carbons (Fsp3) is 0.750. The van der Waals surface area contributed by atoms with Crippen molar-refractivity contribution < 1.29 is 4.79 Å². The number of rotatable bonds is 4. The van der Waals surface area contributed by atoms with Crippen LogP contribution in [-0.2, 0) is 4.79 Å². The number of hydrogen-bond donors (Lipinski definition) is 2. The summed E-state index contributed by atoms with van der Waals surface area (Å²) in [7, 11) is 0. The van der Waals surface area contributed by atoms with Gasteiger partial charge in [-0.15, -0.1) is 0 Å². The summed E-state index contributed by atoms with van der Waals surface area (Å²) in [5.74, 6) is 1.40. The molecule has 0 aliphatic heterocycles. The lowest BCUT2D eigenvalue weighted by molar-refractivity contribution is -0.119. The Labute approximate surface area is 77.7 Å². The first-order valence-corrected chi connectivity index (χ1v) is 4.55. The molecule has 12 heavy (non-hydrogen) atoms. The Morgan fingerprint density at radius 2 is 2.33 bits per heavy atom. The molecule has 0 saturated heterocycles. The van der Waals surface area contributed by atoms with E-state index in [2.05, 4.69) is 24.5 Å². The van der Waals surface area contributed by atoms with Crippen LogP contribution in [0.5, 0.6) is 0 Å². The Morgan fingerprint density at radius 3 is 2.75 bits per heavy atom. The molecule has 1 fully saturated rings.